The summed E-state index contributed by atoms with van der Waals surface area (Å²) in [7, 11) is 0. The Morgan fingerprint density at radius 3 is 2.60 bits per heavy atom. The van der Waals surface area contributed by atoms with E-state index in [0.29, 0.717) is 0 Å². The summed E-state index contributed by atoms with van der Waals surface area (Å²) in [4.78, 5) is 12.7. The third-order valence-electron chi connectivity index (χ3n) is 1.61. The number of nitrogens with zero attached hydrogens (tertiary/aromatic N) is 2. The van der Waals surface area contributed by atoms with Gasteiger partial charge in [-0.1, -0.05) is 0 Å². The van der Waals surface area contributed by atoms with E-state index in [9.17, 15) is 18.9 Å². The molecule has 0 fully saturated rings. The van der Waals surface area contributed by atoms with Crippen LogP contribution in [0.5, 0.6) is 0 Å². The lowest BCUT2D eigenvalue weighted by molar-refractivity contribution is -0.391. The van der Waals surface area contributed by atoms with Crippen LogP contribution in [0.1, 0.15) is 17.6 Å². The van der Waals surface area contributed by atoms with E-state index in [1.807, 2.05) is 0 Å². The highest BCUT2D eigenvalue weighted by Crippen LogP contribution is 2.31. The third-order valence-corrected chi connectivity index (χ3v) is 2.22. The Labute approximate surface area is 93.0 Å². The van der Waals surface area contributed by atoms with Gasteiger partial charge in [-0.3, -0.25) is 0 Å². The zero-order chi connectivity index (χ0) is 11.6. The summed E-state index contributed by atoms with van der Waals surface area (Å²) in [6.07, 6.45) is -2.99. The smallest absolute Gasteiger partial charge is 0.358 e. The molecule has 0 N–H and O–H groups in total. The molecule has 0 amide bonds. The molecule has 15 heavy (non-hydrogen) atoms. The van der Waals surface area contributed by atoms with Crippen molar-refractivity contribution < 1.29 is 13.7 Å². The van der Waals surface area contributed by atoms with Crippen molar-refractivity contribution in [3.8, 4) is 0 Å². The standard InChI is InChI=1S/C7H4Cl2F2N2O2/c8-2-3-1-4(6(10)11)7(13(14)15)12-5(3)9/h1,6H,2H2. The number of halogens is 4. The van der Waals surface area contributed by atoms with Crippen LogP contribution in [0.25, 0.3) is 0 Å². The average molecular weight is 257 g/mol. The van der Waals surface area contributed by atoms with Gasteiger partial charge < -0.3 is 10.1 Å². The number of nitro groups is 1. The van der Waals surface area contributed by atoms with Crippen molar-refractivity contribution in [2.45, 2.75) is 12.3 Å². The molecule has 0 atom stereocenters. The van der Waals surface area contributed by atoms with Crippen molar-refractivity contribution in [1.82, 2.24) is 4.98 Å². The maximum absolute atomic E-state index is 12.4. The van der Waals surface area contributed by atoms with Gasteiger partial charge in [0.05, 0.1) is 5.88 Å². The normalized spacial score (nSPS) is 10.7. The van der Waals surface area contributed by atoms with Crippen molar-refractivity contribution in [3.63, 3.8) is 0 Å². The minimum Gasteiger partial charge on any atom is -0.358 e. The molecule has 1 aromatic heterocycles. The van der Waals surface area contributed by atoms with Gasteiger partial charge in [0, 0.05) is 5.56 Å². The van der Waals surface area contributed by atoms with Crippen molar-refractivity contribution in [2.24, 2.45) is 0 Å². The summed E-state index contributed by atoms with van der Waals surface area (Å²) in [5.41, 5.74) is -0.640. The fourth-order valence-corrected chi connectivity index (χ4v) is 1.42. The van der Waals surface area contributed by atoms with Gasteiger partial charge >= 0.3 is 5.82 Å². The molecule has 0 radical (unpaired) electrons. The summed E-state index contributed by atoms with van der Waals surface area (Å²) >= 11 is 10.9. The molecule has 1 heterocycles. The van der Waals surface area contributed by atoms with Gasteiger partial charge in [-0.05, 0) is 27.6 Å². The van der Waals surface area contributed by atoms with Crippen molar-refractivity contribution in [3.05, 3.63) is 32.5 Å². The van der Waals surface area contributed by atoms with Crippen LogP contribution in [0.15, 0.2) is 6.07 Å². The first-order valence-electron chi connectivity index (χ1n) is 3.65. The molecule has 0 aliphatic carbocycles. The van der Waals surface area contributed by atoms with E-state index >= 15 is 0 Å². The van der Waals surface area contributed by atoms with Crippen LogP contribution in [0.4, 0.5) is 14.6 Å². The van der Waals surface area contributed by atoms with Gasteiger partial charge in [0.15, 0.2) is 0 Å². The van der Waals surface area contributed by atoms with Crippen molar-refractivity contribution >= 4 is 29.0 Å². The van der Waals surface area contributed by atoms with E-state index in [1.165, 1.54) is 0 Å². The zero-order valence-electron chi connectivity index (χ0n) is 7.08. The Balaban J connectivity index is 3.38. The fourth-order valence-electron chi connectivity index (χ4n) is 0.942. The molecule has 1 aromatic rings. The highest BCUT2D eigenvalue weighted by molar-refractivity contribution is 6.31. The SMILES string of the molecule is O=[N+]([O-])c1nc(Cl)c(CCl)cc1C(F)F. The lowest BCUT2D eigenvalue weighted by Gasteiger charge is -2.03. The predicted molar refractivity (Wildman–Crippen MR) is 50.4 cm³/mol. The van der Waals surface area contributed by atoms with Crippen LogP contribution in [0, 0.1) is 10.1 Å². The van der Waals surface area contributed by atoms with E-state index in [1.54, 1.807) is 0 Å². The van der Waals surface area contributed by atoms with E-state index in [-0.39, 0.29) is 16.6 Å². The summed E-state index contributed by atoms with van der Waals surface area (Å²) in [5, 5.41) is 10.2. The summed E-state index contributed by atoms with van der Waals surface area (Å²) in [5.74, 6) is -1.08. The Bertz CT molecular complexity index is 401. The van der Waals surface area contributed by atoms with E-state index in [2.05, 4.69) is 4.98 Å². The first-order chi connectivity index (χ1) is 6.97. The molecular weight excluding hydrogens is 253 g/mol. The number of aromatic nitrogens is 1. The summed E-state index contributed by atoms with van der Waals surface area (Å²) in [6.45, 7) is 0. The molecule has 1 rings (SSSR count). The van der Waals surface area contributed by atoms with Crippen LogP contribution in [0.3, 0.4) is 0 Å². The molecule has 0 aliphatic heterocycles. The van der Waals surface area contributed by atoms with Gasteiger partial charge in [-0.2, -0.15) is 0 Å². The van der Waals surface area contributed by atoms with Crippen molar-refractivity contribution in [1.29, 1.82) is 0 Å². The first kappa shape index (κ1) is 12.1. The number of rotatable bonds is 3. The van der Waals surface area contributed by atoms with Gasteiger partial charge in [0.2, 0.25) is 5.15 Å². The molecule has 0 saturated heterocycles. The van der Waals surface area contributed by atoms with E-state index in [4.69, 9.17) is 23.2 Å². The molecule has 8 heteroatoms. The second-order valence-electron chi connectivity index (χ2n) is 2.54. The largest absolute Gasteiger partial charge is 0.374 e. The van der Waals surface area contributed by atoms with E-state index < -0.39 is 22.7 Å². The Morgan fingerprint density at radius 2 is 2.20 bits per heavy atom. The molecule has 82 valence electrons. The zero-order valence-corrected chi connectivity index (χ0v) is 8.60. The van der Waals surface area contributed by atoms with Crippen LogP contribution in [0.2, 0.25) is 5.15 Å². The number of hydrogen-bond donors (Lipinski definition) is 0. The average Bonchev–Trinajstić information content (AvgIpc) is 2.16. The highest BCUT2D eigenvalue weighted by atomic mass is 35.5. The summed E-state index contributed by atoms with van der Waals surface area (Å²) in [6, 6.07) is 0.894. The molecule has 0 aromatic carbocycles. The number of alkyl halides is 3. The highest BCUT2D eigenvalue weighted by Gasteiger charge is 2.26. The topological polar surface area (TPSA) is 56.0 Å². The summed E-state index contributed by atoms with van der Waals surface area (Å²) < 4.78 is 24.8. The third kappa shape index (κ3) is 2.51. The lowest BCUT2D eigenvalue weighted by Crippen LogP contribution is -2.01. The Kier molecular flexibility index (Phi) is 3.76. The number of pyridine rings is 1. The molecular formula is C7H4Cl2F2N2O2. The molecule has 4 nitrogen and oxygen atoms in total. The Morgan fingerprint density at radius 1 is 1.60 bits per heavy atom. The van der Waals surface area contributed by atoms with Crippen molar-refractivity contribution in [2.75, 3.05) is 0 Å². The Hall–Kier alpha value is -1.01. The molecule has 0 bridgehead atoms. The molecule has 0 unspecified atom stereocenters. The first-order valence-corrected chi connectivity index (χ1v) is 4.56. The second kappa shape index (κ2) is 4.67. The van der Waals surface area contributed by atoms with Gasteiger partial charge in [-0.15, -0.1) is 11.6 Å². The second-order valence-corrected chi connectivity index (χ2v) is 3.17. The fraction of sp³-hybridized carbons (Fsp3) is 0.286. The maximum atomic E-state index is 12.4. The minimum atomic E-state index is -2.99. The van der Waals surface area contributed by atoms with Crippen LogP contribution in [-0.2, 0) is 5.88 Å². The lowest BCUT2D eigenvalue weighted by atomic mass is 10.2. The quantitative estimate of drug-likeness (QED) is 0.361. The monoisotopic (exact) mass is 256 g/mol. The molecule has 0 spiro atoms. The van der Waals surface area contributed by atoms with Crippen LogP contribution in [-0.4, -0.2) is 9.91 Å². The maximum Gasteiger partial charge on any atom is 0.374 e. The van der Waals surface area contributed by atoms with Gasteiger partial charge in [0.1, 0.15) is 5.56 Å². The number of hydrogen-bond acceptors (Lipinski definition) is 3. The molecule has 0 saturated carbocycles. The van der Waals surface area contributed by atoms with Gasteiger partial charge in [-0.25, -0.2) is 8.78 Å². The minimum absolute atomic E-state index is 0.135. The molecule has 0 aliphatic rings. The van der Waals surface area contributed by atoms with Crippen LogP contribution >= 0.6 is 23.2 Å². The van der Waals surface area contributed by atoms with Crippen LogP contribution < -0.4 is 0 Å². The van der Waals surface area contributed by atoms with E-state index in [0.717, 1.165) is 6.07 Å². The van der Waals surface area contributed by atoms with Gasteiger partial charge in [0.25, 0.3) is 6.43 Å². The predicted octanol–water partition coefficient (Wildman–Crippen LogP) is 3.32.